The lowest BCUT2D eigenvalue weighted by atomic mass is 9.92. The molecule has 11 heteroatoms. The molecular weight excluding hydrogens is 460 g/mol. The van der Waals surface area contributed by atoms with Crippen LogP contribution in [0.1, 0.15) is 70.3 Å². The van der Waals surface area contributed by atoms with E-state index in [9.17, 15) is 4.79 Å². The van der Waals surface area contributed by atoms with E-state index in [1.807, 2.05) is 6.33 Å². The molecule has 11 nitrogen and oxygen atoms in total. The van der Waals surface area contributed by atoms with Crippen LogP contribution in [0.3, 0.4) is 0 Å². The largest absolute Gasteiger partial charge is 0.528 e. The van der Waals surface area contributed by atoms with Crippen LogP contribution in [-0.2, 0) is 9.57 Å². The van der Waals surface area contributed by atoms with Crippen LogP contribution in [0, 0.1) is 0 Å². The van der Waals surface area contributed by atoms with Gasteiger partial charge in [0.2, 0.25) is 5.95 Å². The lowest BCUT2D eigenvalue weighted by Gasteiger charge is -2.31. The quantitative estimate of drug-likeness (QED) is 0.365. The number of carbonyl (C=O) groups is 1. The first-order valence-corrected chi connectivity index (χ1v) is 13.3. The highest BCUT2D eigenvalue weighted by atomic mass is 16.8. The van der Waals surface area contributed by atoms with Crippen LogP contribution in [0.4, 0.5) is 16.6 Å². The van der Waals surface area contributed by atoms with Gasteiger partial charge in [0.05, 0.1) is 6.33 Å². The number of nitrogens with two attached hydrogens (primary N) is 1. The molecule has 0 unspecified atom stereocenters. The Morgan fingerprint density at radius 3 is 2.50 bits per heavy atom. The molecule has 1 aliphatic heterocycles. The second-order valence-corrected chi connectivity index (χ2v) is 10.2. The third kappa shape index (κ3) is 5.89. The molecule has 1 saturated heterocycles. The van der Waals surface area contributed by atoms with E-state index in [0.717, 1.165) is 68.3 Å². The normalized spacial score (nSPS) is 24.0. The van der Waals surface area contributed by atoms with Crippen molar-refractivity contribution in [2.45, 2.75) is 88.4 Å². The zero-order chi connectivity index (χ0) is 24.9. The molecule has 196 valence electrons. The molecule has 3 fully saturated rings. The zero-order valence-electron chi connectivity index (χ0n) is 20.9. The van der Waals surface area contributed by atoms with E-state index in [4.69, 9.17) is 30.3 Å². The van der Waals surface area contributed by atoms with Crippen LogP contribution in [0.5, 0.6) is 0 Å². The summed E-state index contributed by atoms with van der Waals surface area (Å²) in [7, 11) is 0. The van der Waals surface area contributed by atoms with Crippen molar-refractivity contribution in [3.05, 3.63) is 19.0 Å². The number of hydrogen-bond acceptors (Lipinski definition) is 10. The first kappa shape index (κ1) is 24.8. The molecule has 3 aliphatic rings. The van der Waals surface area contributed by atoms with Crippen LogP contribution in [-0.4, -0.2) is 68.6 Å². The molecule has 2 saturated carbocycles. The third-order valence-electron chi connectivity index (χ3n) is 7.56. The highest BCUT2D eigenvalue weighted by Gasteiger charge is 2.27. The monoisotopic (exact) mass is 498 g/mol. The molecule has 0 radical (unpaired) electrons. The van der Waals surface area contributed by atoms with E-state index in [1.54, 1.807) is 5.06 Å². The van der Waals surface area contributed by atoms with Crippen molar-refractivity contribution in [1.82, 2.24) is 24.6 Å². The van der Waals surface area contributed by atoms with E-state index in [1.165, 1.54) is 18.9 Å². The van der Waals surface area contributed by atoms with Gasteiger partial charge in [0.1, 0.15) is 6.61 Å². The maximum atomic E-state index is 11.7. The average Bonchev–Trinajstić information content (AvgIpc) is 3.55. The Morgan fingerprint density at radius 2 is 1.78 bits per heavy atom. The predicted molar refractivity (Wildman–Crippen MR) is 138 cm³/mol. The standard InChI is InChI=1S/C25H38N8O3/c1-2-15-35-25(34)36-32-13-11-19(12-14-32)28-22-21-23(33(16-27-21)20-5-3-4-6-20)31-24(30-22)29-18-9-7-17(26)8-10-18/h2,16-20H,1,3-15,26H2,(H2,28,29,30,31). The summed E-state index contributed by atoms with van der Waals surface area (Å²) >= 11 is 0. The number of nitrogens with zero attached hydrogens (tertiary/aromatic N) is 5. The number of imidazole rings is 1. The van der Waals surface area contributed by atoms with Gasteiger partial charge in [0.25, 0.3) is 0 Å². The Bertz CT molecular complexity index is 1040. The summed E-state index contributed by atoms with van der Waals surface area (Å²) in [6.07, 6.45) is 13.3. The van der Waals surface area contributed by atoms with Crippen molar-refractivity contribution in [1.29, 1.82) is 0 Å². The highest BCUT2D eigenvalue weighted by molar-refractivity contribution is 5.84. The number of hydrogen-bond donors (Lipinski definition) is 3. The molecule has 5 rings (SSSR count). The maximum absolute atomic E-state index is 11.7. The topological polar surface area (TPSA) is 132 Å². The first-order chi connectivity index (χ1) is 17.6. The molecule has 4 N–H and O–H groups in total. The predicted octanol–water partition coefficient (Wildman–Crippen LogP) is 3.75. The van der Waals surface area contributed by atoms with Crippen LogP contribution < -0.4 is 16.4 Å². The summed E-state index contributed by atoms with van der Waals surface area (Å²) in [5.41, 5.74) is 7.80. The summed E-state index contributed by atoms with van der Waals surface area (Å²) in [6.45, 7) is 4.89. The Kier molecular flexibility index (Phi) is 7.86. The number of hydroxylamine groups is 2. The van der Waals surface area contributed by atoms with Crippen molar-refractivity contribution >= 4 is 29.1 Å². The highest BCUT2D eigenvalue weighted by Crippen LogP contribution is 2.34. The Balaban J connectivity index is 1.30. The molecule has 2 aromatic heterocycles. The Labute approximate surface area is 211 Å². The number of piperidine rings is 1. The number of rotatable bonds is 8. The summed E-state index contributed by atoms with van der Waals surface area (Å²) < 4.78 is 7.15. The van der Waals surface area contributed by atoms with Crippen LogP contribution in [0.25, 0.3) is 11.2 Å². The SMILES string of the molecule is C=CCOC(=O)ON1CCC(Nc2nc(NC3CCC(N)CC3)nc3c2ncn3C2CCCC2)CC1. The van der Waals surface area contributed by atoms with Gasteiger partial charge in [-0.05, 0) is 51.4 Å². The minimum atomic E-state index is -0.698. The minimum Gasteiger partial charge on any atom is -0.429 e. The van der Waals surface area contributed by atoms with Crippen molar-refractivity contribution < 1.29 is 14.4 Å². The lowest BCUT2D eigenvalue weighted by molar-refractivity contribution is -0.136. The second-order valence-electron chi connectivity index (χ2n) is 10.2. The maximum Gasteiger partial charge on any atom is 0.528 e. The fraction of sp³-hybridized carbons (Fsp3) is 0.680. The number of ether oxygens (including phenoxy) is 1. The molecule has 36 heavy (non-hydrogen) atoms. The molecule has 3 heterocycles. The number of anilines is 2. The average molecular weight is 499 g/mol. The Hall–Kier alpha value is -2.92. The summed E-state index contributed by atoms with van der Waals surface area (Å²) in [5, 5.41) is 8.85. The van der Waals surface area contributed by atoms with Crippen molar-refractivity contribution in [3.63, 3.8) is 0 Å². The molecule has 0 atom stereocenters. The minimum absolute atomic E-state index is 0.137. The summed E-state index contributed by atoms with van der Waals surface area (Å²) in [4.78, 5) is 31.6. The zero-order valence-corrected chi connectivity index (χ0v) is 20.9. The van der Waals surface area contributed by atoms with Crippen molar-refractivity contribution in [2.75, 3.05) is 30.3 Å². The van der Waals surface area contributed by atoms with Gasteiger partial charge in [-0.25, -0.2) is 9.78 Å². The van der Waals surface area contributed by atoms with Crippen LogP contribution in [0.2, 0.25) is 0 Å². The van der Waals surface area contributed by atoms with Gasteiger partial charge in [-0.15, -0.1) is 5.06 Å². The number of fused-ring (bicyclic) bond motifs is 1. The number of nitrogens with one attached hydrogen (secondary N) is 2. The number of aromatic nitrogens is 4. The van der Waals surface area contributed by atoms with Crippen molar-refractivity contribution in [3.8, 4) is 0 Å². The van der Waals surface area contributed by atoms with Gasteiger partial charge in [0.15, 0.2) is 17.0 Å². The van der Waals surface area contributed by atoms with E-state index < -0.39 is 6.16 Å². The van der Waals surface area contributed by atoms with Gasteiger partial charge in [-0.2, -0.15) is 9.97 Å². The summed E-state index contributed by atoms with van der Waals surface area (Å²) in [5.74, 6) is 1.41. The fourth-order valence-corrected chi connectivity index (χ4v) is 5.52. The van der Waals surface area contributed by atoms with E-state index in [-0.39, 0.29) is 12.6 Å². The fourth-order valence-electron chi connectivity index (χ4n) is 5.52. The molecule has 0 spiro atoms. The Morgan fingerprint density at radius 1 is 1.06 bits per heavy atom. The number of carbonyl (C=O) groups excluding carboxylic acids is 1. The van der Waals surface area contributed by atoms with Gasteiger partial charge >= 0.3 is 6.16 Å². The van der Waals surface area contributed by atoms with Gasteiger partial charge in [-0.3, -0.25) is 0 Å². The molecule has 2 aromatic rings. The van der Waals surface area contributed by atoms with Gasteiger partial charge in [-0.1, -0.05) is 25.5 Å². The molecular formula is C25H38N8O3. The molecule has 2 aliphatic carbocycles. The van der Waals surface area contributed by atoms with Crippen molar-refractivity contribution in [2.24, 2.45) is 5.73 Å². The molecule has 0 amide bonds. The van der Waals surface area contributed by atoms with Gasteiger partial charge < -0.3 is 30.5 Å². The summed E-state index contributed by atoms with van der Waals surface area (Å²) in [6, 6.07) is 1.26. The lowest BCUT2D eigenvalue weighted by Crippen LogP contribution is -2.40. The van der Waals surface area contributed by atoms with E-state index in [2.05, 4.69) is 21.8 Å². The first-order valence-electron chi connectivity index (χ1n) is 13.3. The van der Waals surface area contributed by atoms with Gasteiger partial charge in [0, 0.05) is 37.3 Å². The third-order valence-corrected chi connectivity index (χ3v) is 7.56. The smallest absolute Gasteiger partial charge is 0.429 e. The second kappa shape index (κ2) is 11.4. The van der Waals surface area contributed by atoms with Crippen LogP contribution >= 0.6 is 0 Å². The molecule has 0 aromatic carbocycles. The van der Waals surface area contributed by atoms with E-state index in [0.29, 0.717) is 37.2 Å². The molecule has 0 bridgehead atoms. The van der Waals surface area contributed by atoms with Crippen LogP contribution in [0.15, 0.2) is 19.0 Å². The van der Waals surface area contributed by atoms with E-state index >= 15 is 0 Å².